The van der Waals surface area contributed by atoms with E-state index in [1.165, 1.54) is 43.0 Å². The number of anilines is 1. The van der Waals surface area contributed by atoms with Gasteiger partial charge >= 0.3 is 6.18 Å². The smallest absolute Gasteiger partial charge is 0.416 e. The molecule has 5 rings (SSSR count). The van der Waals surface area contributed by atoms with Crippen molar-refractivity contribution in [3.8, 4) is 11.5 Å². The third-order valence-electron chi connectivity index (χ3n) is 6.64. The molecule has 0 unspecified atom stereocenters. The van der Waals surface area contributed by atoms with Gasteiger partial charge in [-0.25, -0.2) is 0 Å². The number of ether oxygens (including phenoxy) is 2. The van der Waals surface area contributed by atoms with E-state index >= 15 is 0 Å². The monoisotopic (exact) mass is 578 g/mol. The molecule has 0 aliphatic carbocycles. The number of amides is 2. The number of nitrogens with zero attached hydrogens (tertiary/aromatic N) is 1. The quantitative estimate of drug-likeness (QED) is 0.257. The van der Waals surface area contributed by atoms with Crippen LogP contribution in [-0.4, -0.2) is 26.0 Å². The third kappa shape index (κ3) is 5.88. The first-order valence-corrected chi connectivity index (χ1v) is 13.4. The summed E-state index contributed by atoms with van der Waals surface area (Å²) in [6.07, 6.45) is -4.46. The number of alkyl halides is 3. The maximum Gasteiger partial charge on any atom is 0.416 e. The van der Waals surface area contributed by atoms with E-state index in [4.69, 9.17) is 9.47 Å². The lowest BCUT2D eigenvalue weighted by Crippen LogP contribution is -2.31. The highest BCUT2D eigenvalue weighted by Gasteiger charge is 2.31. The first-order chi connectivity index (χ1) is 19.7. The normalized spacial score (nSPS) is 12.7. The second-order valence-corrected chi connectivity index (χ2v) is 10.3. The summed E-state index contributed by atoms with van der Waals surface area (Å²) in [5, 5.41) is 2.89. The van der Waals surface area contributed by atoms with Crippen LogP contribution in [0.3, 0.4) is 0 Å². The molecule has 0 saturated heterocycles. The van der Waals surface area contributed by atoms with Crippen molar-refractivity contribution in [1.29, 1.82) is 0 Å². The van der Waals surface area contributed by atoms with Gasteiger partial charge in [0.05, 0.1) is 37.6 Å². The molecular weight excluding hydrogens is 553 g/mol. The van der Waals surface area contributed by atoms with Crippen LogP contribution in [-0.2, 0) is 19.3 Å². The van der Waals surface area contributed by atoms with Crippen LogP contribution in [0.1, 0.15) is 37.4 Å². The fourth-order valence-electron chi connectivity index (χ4n) is 4.57. The van der Waals surface area contributed by atoms with Gasteiger partial charge in [-0.15, -0.1) is 0 Å². The fraction of sp³-hybridized carbons (Fsp3) is 0.161. The Morgan fingerprint density at radius 2 is 1.66 bits per heavy atom. The second-order valence-electron chi connectivity index (χ2n) is 9.20. The van der Waals surface area contributed by atoms with E-state index in [1.54, 1.807) is 42.5 Å². The van der Waals surface area contributed by atoms with Gasteiger partial charge in [-0.2, -0.15) is 13.2 Å². The zero-order valence-electron chi connectivity index (χ0n) is 22.1. The Bertz CT molecular complexity index is 1610. The lowest BCUT2D eigenvalue weighted by atomic mass is 10.1. The Morgan fingerprint density at radius 3 is 2.37 bits per heavy atom. The average Bonchev–Trinajstić information content (AvgIpc) is 3.09. The third-order valence-corrected chi connectivity index (χ3v) is 7.78. The number of nitrogens with one attached hydrogen (secondary N) is 1. The van der Waals surface area contributed by atoms with Crippen molar-refractivity contribution < 1.29 is 32.2 Å². The van der Waals surface area contributed by atoms with E-state index < -0.39 is 11.7 Å². The van der Waals surface area contributed by atoms with E-state index in [9.17, 15) is 22.8 Å². The standard InChI is InChI=1S/C31H25F3N2O4S/c1-39-25-8-5-6-21(28(25)40-2)17-35-29(37)20-12-15-27-24(16-20)36(30(38)23-7-3-4-9-26(23)41-27)18-19-10-13-22(14-11-19)31(32,33)34/h3-16H,17-18H2,1-2H3,(H,35,37). The van der Waals surface area contributed by atoms with Crippen LogP contribution in [0.15, 0.2) is 94.7 Å². The molecular formula is C31H25F3N2O4S. The van der Waals surface area contributed by atoms with Crippen LogP contribution >= 0.6 is 11.8 Å². The minimum atomic E-state index is -4.46. The van der Waals surface area contributed by atoms with Crippen molar-refractivity contribution in [1.82, 2.24) is 5.32 Å². The molecule has 10 heteroatoms. The van der Waals surface area contributed by atoms with E-state index in [0.717, 1.165) is 27.5 Å². The Hall–Kier alpha value is -4.44. The molecule has 0 fully saturated rings. The SMILES string of the molecule is COc1cccc(CNC(=O)c2ccc3c(c2)N(Cc2ccc(C(F)(F)F)cc2)C(=O)c2ccccc2S3)c1OC. The van der Waals surface area contributed by atoms with E-state index in [2.05, 4.69) is 5.32 Å². The zero-order chi connectivity index (χ0) is 29.1. The Kier molecular flexibility index (Phi) is 7.94. The van der Waals surface area contributed by atoms with Crippen molar-refractivity contribution in [2.45, 2.75) is 29.1 Å². The zero-order valence-corrected chi connectivity index (χ0v) is 22.9. The summed E-state index contributed by atoms with van der Waals surface area (Å²) in [6.45, 7) is 0.190. The highest BCUT2D eigenvalue weighted by Crippen LogP contribution is 2.42. The lowest BCUT2D eigenvalue weighted by molar-refractivity contribution is -0.137. The number of hydrogen-bond acceptors (Lipinski definition) is 5. The molecule has 4 aromatic carbocycles. The molecule has 0 saturated carbocycles. The molecule has 4 aromatic rings. The first-order valence-electron chi connectivity index (χ1n) is 12.6. The predicted molar refractivity (Wildman–Crippen MR) is 150 cm³/mol. The van der Waals surface area contributed by atoms with Crippen molar-refractivity contribution in [2.75, 3.05) is 19.1 Å². The van der Waals surface area contributed by atoms with Crippen LogP contribution in [0.25, 0.3) is 0 Å². The minimum Gasteiger partial charge on any atom is -0.493 e. The summed E-state index contributed by atoms with van der Waals surface area (Å²) in [7, 11) is 3.05. The van der Waals surface area contributed by atoms with Gasteiger partial charge in [-0.3, -0.25) is 9.59 Å². The molecule has 1 aliphatic heterocycles. The Labute approximate surface area is 239 Å². The number of rotatable bonds is 7. The van der Waals surface area contributed by atoms with Crippen LogP contribution in [0, 0.1) is 0 Å². The van der Waals surface area contributed by atoms with Gasteiger partial charge in [0, 0.05) is 27.5 Å². The molecule has 41 heavy (non-hydrogen) atoms. The van der Waals surface area contributed by atoms with Gasteiger partial charge in [0.25, 0.3) is 11.8 Å². The van der Waals surface area contributed by atoms with Crippen LogP contribution < -0.4 is 19.7 Å². The maximum atomic E-state index is 13.8. The molecule has 6 nitrogen and oxygen atoms in total. The molecule has 210 valence electrons. The second kappa shape index (κ2) is 11.6. The van der Waals surface area contributed by atoms with Crippen molar-refractivity contribution >= 4 is 29.3 Å². The van der Waals surface area contributed by atoms with Crippen LogP contribution in [0.5, 0.6) is 11.5 Å². The molecule has 1 aliphatic rings. The summed E-state index contributed by atoms with van der Waals surface area (Å²) >= 11 is 1.39. The Balaban J connectivity index is 1.46. The molecule has 0 aromatic heterocycles. The number of carbonyl (C=O) groups is 2. The average molecular weight is 579 g/mol. The number of hydrogen-bond donors (Lipinski definition) is 1. The number of halogens is 3. The summed E-state index contributed by atoms with van der Waals surface area (Å²) in [4.78, 5) is 30.0. The number of methoxy groups -OCH3 is 2. The summed E-state index contributed by atoms with van der Waals surface area (Å²) in [5.74, 6) is 0.370. The summed E-state index contributed by atoms with van der Waals surface area (Å²) in [6, 6.07) is 22.3. The maximum absolute atomic E-state index is 13.8. The molecule has 1 heterocycles. The molecule has 0 atom stereocenters. The fourth-order valence-corrected chi connectivity index (χ4v) is 5.63. The van der Waals surface area contributed by atoms with Crippen LogP contribution in [0.4, 0.5) is 18.9 Å². The van der Waals surface area contributed by atoms with E-state index in [1.807, 2.05) is 18.2 Å². The molecule has 2 amide bonds. The van der Waals surface area contributed by atoms with Gasteiger partial charge in [0.2, 0.25) is 0 Å². The largest absolute Gasteiger partial charge is 0.493 e. The number of fused-ring (bicyclic) bond motifs is 2. The first kappa shape index (κ1) is 28.1. The molecule has 0 bridgehead atoms. The van der Waals surface area contributed by atoms with Gasteiger partial charge in [0.1, 0.15) is 0 Å². The predicted octanol–water partition coefficient (Wildman–Crippen LogP) is 6.96. The van der Waals surface area contributed by atoms with Gasteiger partial charge in [-0.05, 0) is 54.1 Å². The minimum absolute atomic E-state index is 0.0188. The summed E-state index contributed by atoms with van der Waals surface area (Å²) in [5.41, 5.74) is 1.75. The van der Waals surface area contributed by atoms with Crippen molar-refractivity contribution in [3.63, 3.8) is 0 Å². The van der Waals surface area contributed by atoms with Crippen molar-refractivity contribution in [2.24, 2.45) is 0 Å². The summed E-state index contributed by atoms with van der Waals surface area (Å²) < 4.78 is 50.1. The van der Waals surface area contributed by atoms with Gasteiger partial charge in [-0.1, -0.05) is 48.2 Å². The van der Waals surface area contributed by atoms with Gasteiger partial charge in [0.15, 0.2) is 11.5 Å². The Morgan fingerprint density at radius 1 is 0.902 bits per heavy atom. The molecule has 0 radical (unpaired) electrons. The lowest BCUT2D eigenvalue weighted by Gasteiger charge is -2.24. The molecule has 0 spiro atoms. The topological polar surface area (TPSA) is 67.9 Å². The number of para-hydroxylation sites is 1. The van der Waals surface area contributed by atoms with Crippen LogP contribution in [0.2, 0.25) is 0 Å². The number of benzene rings is 4. The number of carbonyl (C=O) groups excluding carboxylic acids is 2. The van der Waals surface area contributed by atoms with Crippen molar-refractivity contribution in [3.05, 3.63) is 113 Å². The van der Waals surface area contributed by atoms with Gasteiger partial charge < -0.3 is 19.7 Å². The van der Waals surface area contributed by atoms with E-state index in [-0.39, 0.29) is 24.9 Å². The highest BCUT2D eigenvalue weighted by molar-refractivity contribution is 7.99. The molecule has 1 N–H and O–H groups in total. The van der Waals surface area contributed by atoms with E-state index in [0.29, 0.717) is 33.9 Å². The highest BCUT2D eigenvalue weighted by atomic mass is 32.2.